The number of halogens is 2. The van der Waals surface area contributed by atoms with Crippen LogP contribution < -0.4 is 4.90 Å². The van der Waals surface area contributed by atoms with Gasteiger partial charge >= 0.3 is 0 Å². The van der Waals surface area contributed by atoms with Crippen molar-refractivity contribution in [2.24, 2.45) is 0 Å². The van der Waals surface area contributed by atoms with Gasteiger partial charge in [-0.1, -0.05) is 27.5 Å². The van der Waals surface area contributed by atoms with Crippen LogP contribution in [0.4, 0.5) is 5.82 Å². The first-order chi connectivity index (χ1) is 11.1. The molecule has 2 aromatic rings. The fourth-order valence-corrected chi connectivity index (χ4v) is 3.24. The summed E-state index contributed by atoms with van der Waals surface area (Å²) >= 11 is 9.54. The van der Waals surface area contributed by atoms with Gasteiger partial charge in [0.25, 0.3) is 5.91 Å². The van der Waals surface area contributed by atoms with E-state index >= 15 is 0 Å². The molecule has 0 radical (unpaired) electrons. The van der Waals surface area contributed by atoms with Gasteiger partial charge in [-0.3, -0.25) is 4.79 Å². The zero-order chi connectivity index (χ0) is 16.4. The Balaban J connectivity index is 1.70. The first-order valence-electron chi connectivity index (χ1n) is 7.32. The third-order valence-corrected chi connectivity index (χ3v) is 4.72. The van der Waals surface area contributed by atoms with Crippen LogP contribution in [0.1, 0.15) is 15.9 Å². The van der Waals surface area contributed by atoms with E-state index in [-0.39, 0.29) is 5.91 Å². The lowest BCUT2D eigenvalue weighted by Crippen LogP contribution is -2.49. The molecule has 1 fully saturated rings. The number of amides is 1. The minimum atomic E-state index is -0.0321. The third-order valence-electron chi connectivity index (χ3n) is 3.89. The molecule has 0 aliphatic carbocycles. The molecule has 0 unspecified atom stereocenters. The maximum Gasteiger partial charge on any atom is 0.255 e. The molecular weight excluding hydrogens is 380 g/mol. The van der Waals surface area contributed by atoms with E-state index in [0.717, 1.165) is 28.9 Å². The van der Waals surface area contributed by atoms with E-state index in [0.29, 0.717) is 23.7 Å². The SMILES string of the molecule is Cc1cncnc1N1CCN(C(=O)c2cc(Br)ccc2Cl)CC1. The van der Waals surface area contributed by atoms with Crippen LogP contribution in [0.25, 0.3) is 0 Å². The van der Waals surface area contributed by atoms with Crippen molar-refractivity contribution in [3.63, 3.8) is 0 Å². The monoisotopic (exact) mass is 394 g/mol. The van der Waals surface area contributed by atoms with Gasteiger partial charge in [0, 0.05) is 42.4 Å². The Bertz CT molecular complexity index is 732. The van der Waals surface area contributed by atoms with Crippen LogP contribution in [-0.4, -0.2) is 47.0 Å². The third kappa shape index (κ3) is 3.48. The van der Waals surface area contributed by atoms with Crippen LogP contribution in [0.15, 0.2) is 35.2 Å². The van der Waals surface area contributed by atoms with E-state index in [2.05, 4.69) is 30.8 Å². The summed E-state index contributed by atoms with van der Waals surface area (Å²) in [5, 5.41) is 0.479. The van der Waals surface area contributed by atoms with Crippen molar-refractivity contribution in [3.05, 3.63) is 51.3 Å². The highest BCUT2D eigenvalue weighted by Gasteiger charge is 2.25. The highest BCUT2D eigenvalue weighted by atomic mass is 79.9. The highest BCUT2D eigenvalue weighted by molar-refractivity contribution is 9.10. The van der Waals surface area contributed by atoms with Gasteiger partial charge in [-0.15, -0.1) is 0 Å². The van der Waals surface area contributed by atoms with Crippen molar-refractivity contribution >= 4 is 39.3 Å². The predicted octanol–water partition coefficient (Wildman–Crippen LogP) is 3.16. The molecule has 2 heterocycles. The van der Waals surface area contributed by atoms with E-state index in [9.17, 15) is 4.79 Å². The molecule has 0 bridgehead atoms. The molecule has 3 rings (SSSR count). The number of nitrogens with zero attached hydrogens (tertiary/aromatic N) is 4. The largest absolute Gasteiger partial charge is 0.353 e. The van der Waals surface area contributed by atoms with Crippen molar-refractivity contribution in [1.29, 1.82) is 0 Å². The van der Waals surface area contributed by atoms with E-state index in [4.69, 9.17) is 11.6 Å². The lowest BCUT2D eigenvalue weighted by Gasteiger charge is -2.36. The number of aromatic nitrogens is 2. The van der Waals surface area contributed by atoms with Crippen molar-refractivity contribution in [3.8, 4) is 0 Å². The van der Waals surface area contributed by atoms with Crippen LogP contribution in [0.2, 0.25) is 5.02 Å². The second kappa shape index (κ2) is 6.84. The molecule has 1 aromatic heterocycles. The minimum absolute atomic E-state index is 0.0321. The number of piperazine rings is 1. The van der Waals surface area contributed by atoms with Gasteiger partial charge in [-0.05, 0) is 25.1 Å². The molecule has 1 aliphatic heterocycles. The van der Waals surface area contributed by atoms with Gasteiger partial charge < -0.3 is 9.80 Å². The minimum Gasteiger partial charge on any atom is -0.353 e. The zero-order valence-corrected chi connectivity index (χ0v) is 15.0. The van der Waals surface area contributed by atoms with Gasteiger partial charge in [0.15, 0.2) is 0 Å². The van der Waals surface area contributed by atoms with Gasteiger partial charge in [-0.2, -0.15) is 0 Å². The molecule has 5 nitrogen and oxygen atoms in total. The Hall–Kier alpha value is -1.66. The summed E-state index contributed by atoms with van der Waals surface area (Å²) in [7, 11) is 0. The quantitative estimate of drug-likeness (QED) is 0.784. The summed E-state index contributed by atoms with van der Waals surface area (Å²) < 4.78 is 0.848. The van der Waals surface area contributed by atoms with E-state index in [1.807, 2.05) is 17.9 Å². The molecule has 1 saturated heterocycles. The van der Waals surface area contributed by atoms with E-state index < -0.39 is 0 Å². The summed E-state index contributed by atoms with van der Waals surface area (Å²) in [6.07, 6.45) is 3.36. The maximum absolute atomic E-state index is 12.7. The van der Waals surface area contributed by atoms with Crippen LogP contribution >= 0.6 is 27.5 Å². The zero-order valence-electron chi connectivity index (χ0n) is 12.7. The molecule has 1 amide bonds. The van der Waals surface area contributed by atoms with E-state index in [1.165, 1.54) is 0 Å². The summed E-state index contributed by atoms with van der Waals surface area (Å²) in [4.78, 5) is 25.0. The Morgan fingerprint density at radius 1 is 1.26 bits per heavy atom. The number of anilines is 1. The van der Waals surface area contributed by atoms with Crippen molar-refractivity contribution in [1.82, 2.24) is 14.9 Å². The summed E-state index contributed by atoms with van der Waals surface area (Å²) in [5.74, 6) is 0.906. The van der Waals surface area contributed by atoms with Crippen LogP contribution in [0, 0.1) is 6.92 Å². The van der Waals surface area contributed by atoms with Crippen LogP contribution in [-0.2, 0) is 0 Å². The topological polar surface area (TPSA) is 49.3 Å². The normalized spacial score (nSPS) is 14.9. The fourth-order valence-electron chi connectivity index (χ4n) is 2.68. The molecule has 0 N–H and O–H groups in total. The molecule has 0 atom stereocenters. The van der Waals surface area contributed by atoms with Gasteiger partial charge in [0.2, 0.25) is 0 Å². The Morgan fingerprint density at radius 3 is 2.70 bits per heavy atom. The second-order valence-corrected chi connectivity index (χ2v) is 6.76. The number of aryl methyl sites for hydroxylation is 1. The number of hydrogen-bond acceptors (Lipinski definition) is 4. The van der Waals surface area contributed by atoms with Gasteiger partial charge in [-0.25, -0.2) is 9.97 Å². The molecule has 0 saturated carbocycles. The lowest BCUT2D eigenvalue weighted by molar-refractivity contribution is 0.0746. The molecule has 1 aliphatic rings. The number of benzene rings is 1. The average molecular weight is 396 g/mol. The summed E-state index contributed by atoms with van der Waals surface area (Å²) in [6.45, 7) is 4.77. The second-order valence-electron chi connectivity index (χ2n) is 5.43. The average Bonchev–Trinajstić information content (AvgIpc) is 2.57. The molecule has 7 heteroatoms. The molecule has 120 valence electrons. The number of hydrogen-bond donors (Lipinski definition) is 0. The van der Waals surface area contributed by atoms with Gasteiger partial charge in [0.05, 0.1) is 10.6 Å². The van der Waals surface area contributed by atoms with Crippen LogP contribution in [0.3, 0.4) is 0 Å². The molecule has 1 aromatic carbocycles. The lowest BCUT2D eigenvalue weighted by atomic mass is 10.1. The van der Waals surface area contributed by atoms with Gasteiger partial charge in [0.1, 0.15) is 12.1 Å². The standard InChI is InChI=1S/C16H16BrClN4O/c1-11-9-19-10-20-15(11)21-4-6-22(7-5-21)16(23)13-8-12(17)2-3-14(13)18/h2-3,8-10H,4-7H2,1H3. The first kappa shape index (κ1) is 16.2. The maximum atomic E-state index is 12.7. The molecular formula is C16H16BrClN4O. The highest BCUT2D eigenvalue weighted by Crippen LogP contribution is 2.24. The first-order valence-corrected chi connectivity index (χ1v) is 8.49. The predicted molar refractivity (Wildman–Crippen MR) is 94.0 cm³/mol. The Morgan fingerprint density at radius 2 is 2.00 bits per heavy atom. The van der Waals surface area contributed by atoms with E-state index in [1.54, 1.807) is 24.7 Å². The summed E-state index contributed by atoms with van der Waals surface area (Å²) in [6, 6.07) is 5.33. The number of carbonyl (C=O) groups is 1. The Labute approximate surface area is 148 Å². The van der Waals surface area contributed by atoms with Crippen molar-refractivity contribution in [2.45, 2.75) is 6.92 Å². The van der Waals surface area contributed by atoms with Crippen molar-refractivity contribution in [2.75, 3.05) is 31.1 Å². The molecule has 0 spiro atoms. The smallest absolute Gasteiger partial charge is 0.255 e. The molecule has 23 heavy (non-hydrogen) atoms. The number of carbonyl (C=O) groups excluding carboxylic acids is 1. The van der Waals surface area contributed by atoms with Crippen LogP contribution in [0.5, 0.6) is 0 Å². The summed E-state index contributed by atoms with van der Waals surface area (Å²) in [5.41, 5.74) is 1.58. The van der Waals surface area contributed by atoms with Crippen molar-refractivity contribution < 1.29 is 4.79 Å². The number of rotatable bonds is 2. The fraction of sp³-hybridized carbons (Fsp3) is 0.312. The Kier molecular flexibility index (Phi) is 4.82.